The number of alkyl halides is 1. The number of methoxy groups -OCH3 is 2. The third kappa shape index (κ3) is 3.22. The van der Waals surface area contributed by atoms with Crippen LogP contribution < -0.4 is 9.47 Å². The topological polar surface area (TPSA) is 18.5 Å². The van der Waals surface area contributed by atoms with Gasteiger partial charge in [0, 0.05) is 4.90 Å². The van der Waals surface area contributed by atoms with Crippen molar-refractivity contribution in [3.05, 3.63) is 53.6 Å². The van der Waals surface area contributed by atoms with Crippen LogP contribution in [0.5, 0.6) is 11.5 Å². The average molecular weight is 309 g/mol. The highest BCUT2D eigenvalue weighted by atomic mass is 35.5. The van der Waals surface area contributed by atoms with E-state index in [1.54, 1.807) is 26.0 Å². The SMILES string of the molecule is COc1ccc(C(Cl)c2ccc(SC)cc2)cc1OC. The third-order valence-electron chi connectivity index (χ3n) is 3.11. The van der Waals surface area contributed by atoms with Crippen molar-refractivity contribution in [3.8, 4) is 11.5 Å². The van der Waals surface area contributed by atoms with Crippen molar-refractivity contribution in [2.75, 3.05) is 20.5 Å². The van der Waals surface area contributed by atoms with Crippen LogP contribution in [-0.4, -0.2) is 20.5 Å². The zero-order chi connectivity index (χ0) is 14.5. The largest absolute Gasteiger partial charge is 0.493 e. The average Bonchev–Trinajstić information content (AvgIpc) is 2.53. The van der Waals surface area contributed by atoms with E-state index in [-0.39, 0.29) is 5.38 Å². The first kappa shape index (κ1) is 15.1. The highest BCUT2D eigenvalue weighted by Crippen LogP contribution is 2.35. The Morgan fingerprint density at radius 3 is 2.05 bits per heavy atom. The minimum atomic E-state index is -0.203. The molecule has 106 valence electrons. The molecule has 0 fully saturated rings. The zero-order valence-corrected chi connectivity index (χ0v) is 13.3. The van der Waals surface area contributed by atoms with Gasteiger partial charge < -0.3 is 9.47 Å². The summed E-state index contributed by atoms with van der Waals surface area (Å²) in [5.41, 5.74) is 2.05. The lowest BCUT2D eigenvalue weighted by Gasteiger charge is -2.14. The summed E-state index contributed by atoms with van der Waals surface area (Å²) >= 11 is 8.26. The highest BCUT2D eigenvalue weighted by Gasteiger charge is 2.13. The molecule has 0 aliphatic rings. The molecule has 0 bridgehead atoms. The second kappa shape index (κ2) is 6.91. The number of hydrogen-bond acceptors (Lipinski definition) is 3. The van der Waals surface area contributed by atoms with Crippen LogP contribution in [-0.2, 0) is 0 Å². The Hall–Kier alpha value is -1.32. The van der Waals surface area contributed by atoms with E-state index in [1.165, 1.54) is 4.90 Å². The van der Waals surface area contributed by atoms with E-state index in [0.717, 1.165) is 11.1 Å². The van der Waals surface area contributed by atoms with Crippen molar-refractivity contribution in [3.63, 3.8) is 0 Å². The maximum atomic E-state index is 6.55. The van der Waals surface area contributed by atoms with Crippen molar-refractivity contribution in [1.82, 2.24) is 0 Å². The molecule has 0 spiro atoms. The van der Waals surface area contributed by atoms with Crippen LogP contribution in [0.4, 0.5) is 0 Å². The second-order valence-electron chi connectivity index (χ2n) is 4.25. The van der Waals surface area contributed by atoms with Gasteiger partial charge in [-0.25, -0.2) is 0 Å². The van der Waals surface area contributed by atoms with Crippen LogP contribution in [0.3, 0.4) is 0 Å². The Kier molecular flexibility index (Phi) is 5.21. The molecule has 0 aromatic heterocycles. The van der Waals surface area contributed by atoms with Crippen molar-refractivity contribution in [2.45, 2.75) is 10.3 Å². The van der Waals surface area contributed by atoms with E-state index in [0.29, 0.717) is 11.5 Å². The Morgan fingerprint density at radius 2 is 1.50 bits per heavy atom. The first-order chi connectivity index (χ1) is 9.69. The summed E-state index contributed by atoms with van der Waals surface area (Å²) in [4.78, 5) is 1.23. The molecule has 0 saturated heterocycles. The summed E-state index contributed by atoms with van der Waals surface area (Å²) in [6.45, 7) is 0. The first-order valence-corrected chi connectivity index (χ1v) is 7.85. The smallest absolute Gasteiger partial charge is 0.161 e. The minimum absolute atomic E-state index is 0.203. The summed E-state index contributed by atoms with van der Waals surface area (Å²) in [6, 6.07) is 14.0. The lowest BCUT2D eigenvalue weighted by atomic mass is 10.0. The van der Waals surface area contributed by atoms with Gasteiger partial charge in [-0.2, -0.15) is 0 Å². The number of benzene rings is 2. The molecule has 0 aliphatic heterocycles. The van der Waals surface area contributed by atoms with E-state index < -0.39 is 0 Å². The molecular weight excluding hydrogens is 292 g/mol. The van der Waals surface area contributed by atoms with Gasteiger partial charge in [0.2, 0.25) is 0 Å². The summed E-state index contributed by atoms with van der Waals surface area (Å²) < 4.78 is 10.5. The van der Waals surface area contributed by atoms with Gasteiger partial charge in [-0.05, 0) is 41.6 Å². The van der Waals surface area contributed by atoms with Gasteiger partial charge in [-0.3, -0.25) is 0 Å². The number of halogens is 1. The lowest BCUT2D eigenvalue weighted by Crippen LogP contribution is -1.96. The van der Waals surface area contributed by atoms with E-state index in [4.69, 9.17) is 21.1 Å². The third-order valence-corrected chi connectivity index (χ3v) is 4.36. The number of thioether (sulfide) groups is 1. The van der Waals surface area contributed by atoms with Crippen molar-refractivity contribution < 1.29 is 9.47 Å². The summed E-state index contributed by atoms with van der Waals surface area (Å²) in [5, 5.41) is -0.203. The maximum absolute atomic E-state index is 6.55. The predicted octanol–water partition coefficient (Wildman–Crippen LogP) is 4.75. The molecule has 0 radical (unpaired) electrons. The molecule has 0 aliphatic carbocycles. The second-order valence-corrected chi connectivity index (χ2v) is 5.57. The van der Waals surface area contributed by atoms with Gasteiger partial charge in [0.1, 0.15) is 0 Å². The van der Waals surface area contributed by atoms with Crippen LogP contribution in [0.1, 0.15) is 16.5 Å². The quantitative estimate of drug-likeness (QED) is 0.586. The van der Waals surface area contributed by atoms with Crippen LogP contribution in [0.25, 0.3) is 0 Å². The molecule has 0 N–H and O–H groups in total. The van der Waals surface area contributed by atoms with Crippen LogP contribution in [0.15, 0.2) is 47.4 Å². The summed E-state index contributed by atoms with van der Waals surface area (Å²) in [5.74, 6) is 1.40. The van der Waals surface area contributed by atoms with Crippen LogP contribution in [0.2, 0.25) is 0 Å². The Morgan fingerprint density at radius 1 is 0.900 bits per heavy atom. The van der Waals surface area contributed by atoms with Crippen LogP contribution in [0, 0.1) is 0 Å². The Balaban J connectivity index is 2.29. The first-order valence-electron chi connectivity index (χ1n) is 6.19. The molecule has 2 nitrogen and oxygen atoms in total. The van der Waals surface area contributed by atoms with Gasteiger partial charge in [-0.15, -0.1) is 23.4 Å². The molecular formula is C16H17ClO2S. The number of ether oxygens (including phenoxy) is 2. The Labute approximate surface area is 129 Å². The summed E-state index contributed by atoms with van der Waals surface area (Å²) in [7, 11) is 3.25. The summed E-state index contributed by atoms with van der Waals surface area (Å²) in [6.07, 6.45) is 2.06. The number of hydrogen-bond donors (Lipinski definition) is 0. The lowest BCUT2D eigenvalue weighted by molar-refractivity contribution is 0.354. The normalized spacial score (nSPS) is 12.0. The minimum Gasteiger partial charge on any atom is -0.493 e. The molecule has 0 saturated carbocycles. The standard InChI is InChI=1S/C16H17ClO2S/c1-18-14-9-6-12(10-15(14)19-2)16(17)11-4-7-13(20-3)8-5-11/h4-10,16H,1-3H3. The van der Waals surface area contributed by atoms with E-state index in [9.17, 15) is 0 Å². The molecule has 4 heteroatoms. The molecule has 0 amide bonds. The molecule has 2 aromatic carbocycles. The van der Waals surface area contributed by atoms with E-state index in [2.05, 4.69) is 30.5 Å². The fraction of sp³-hybridized carbons (Fsp3) is 0.250. The van der Waals surface area contributed by atoms with Crippen molar-refractivity contribution >= 4 is 23.4 Å². The predicted molar refractivity (Wildman–Crippen MR) is 85.5 cm³/mol. The Bertz CT molecular complexity index is 569. The molecule has 1 unspecified atom stereocenters. The molecule has 20 heavy (non-hydrogen) atoms. The maximum Gasteiger partial charge on any atom is 0.161 e. The van der Waals surface area contributed by atoms with Gasteiger partial charge in [0.05, 0.1) is 19.6 Å². The van der Waals surface area contributed by atoms with Crippen LogP contribution >= 0.6 is 23.4 Å². The van der Waals surface area contributed by atoms with Crippen molar-refractivity contribution in [1.29, 1.82) is 0 Å². The fourth-order valence-electron chi connectivity index (χ4n) is 1.98. The zero-order valence-electron chi connectivity index (χ0n) is 11.7. The van der Waals surface area contributed by atoms with Gasteiger partial charge in [0.25, 0.3) is 0 Å². The highest BCUT2D eigenvalue weighted by molar-refractivity contribution is 7.98. The molecule has 2 rings (SSSR count). The van der Waals surface area contributed by atoms with E-state index in [1.807, 2.05) is 18.2 Å². The molecule has 0 heterocycles. The van der Waals surface area contributed by atoms with Crippen molar-refractivity contribution in [2.24, 2.45) is 0 Å². The van der Waals surface area contributed by atoms with Gasteiger partial charge in [-0.1, -0.05) is 18.2 Å². The monoisotopic (exact) mass is 308 g/mol. The number of rotatable bonds is 5. The molecule has 1 atom stereocenters. The van der Waals surface area contributed by atoms with Gasteiger partial charge in [0.15, 0.2) is 11.5 Å². The van der Waals surface area contributed by atoms with E-state index >= 15 is 0 Å². The van der Waals surface area contributed by atoms with Gasteiger partial charge >= 0.3 is 0 Å². The molecule has 2 aromatic rings. The fourth-order valence-corrected chi connectivity index (χ4v) is 2.67.